The Morgan fingerprint density at radius 3 is 2.17 bits per heavy atom. The van der Waals surface area contributed by atoms with E-state index >= 15 is 0 Å². The summed E-state index contributed by atoms with van der Waals surface area (Å²) in [4.78, 5) is 42.5. The third-order valence-corrected chi connectivity index (χ3v) is 7.75. The van der Waals surface area contributed by atoms with Crippen molar-refractivity contribution >= 4 is 35.1 Å². The van der Waals surface area contributed by atoms with Gasteiger partial charge in [0.2, 0.25) is 5.78 Å². The highest BCUT2D eigenvalue weighted by Crippen LogP contribution is 2.25. The number of ketones is 1. The second kappa shape index (κ2) is 17.6. The Kier molecular flexibility index (Phi) is 13.0. The van der Waals surface area contributed by atoms with E-state index in [2.05, 4.69) is 5.32 Å². The zero-order chi connectivity index (χ0) is 32.7. The molecule has 0 bridgehead atoms. The molecular formula is C37H38N2O6S. The van der Waals surface area contributed by atoms with E-state index in [1.807, 2.05) is 103 Å². The van der Waals surface area contributed by atoms with Crippen LogP contribution in [0.3, 0.4) is 0 Å². The minimum atomic E-state index is -0.739. The summed E-state index contributed by atoms with van der Waals surface area (Å²) in [5.74, 6) is -1.05. The van der Waals surface area contributed by atoms with Crippen LogP contribution in [0.5, 0.6) is 5.75 Å². The highest BCUT2D eigenvalue weighted by atomic mass is 32.1. The van der Waals surface area contributed by atoms with Crippen LogP contribution < -0.4 is 10.1 Å². The van der Waals surface area contributed by atoms with Crippen molar-refractivity contribution < 1.29 is 28.6 Å². The van der Waals surface area contributed by atoms with Crippen molar-refractivity contribution in [2.75, 3.05) is 13.2 Å². The van der Waals surface area contributed by atoms with Crippen molar-refractivity contribution in [3.63, 3.8) is 0 Å². The average molecular weight is 639 g/mol. The van der Waals surface area contributed by atoms with Crippen molar-refractivity contribution in [1.29, 1.82) is 0 Å². The molecule has 1 N–H and O–H groups in total. The summed E-state index contributed by atoms with van der Waals surface area (Å²) < 4.78 is 16.5. The second-order valence-electron chi connectivity index (χ2n) is 10.6. The lowest BCUT2D eigenvalue weighted by molar-refractivity contribution is -0.141. The zero-order valence-corrected chi connectivity index (χ0v) is 27.0. The normalized spacial score (nSPS) is 12.3. The fraction of sp³-hybridized carbons (Fsp3) is 0.243. The molecule has 9 heteroatoms. The van der Waals surface area contributed by atoms with E-state index in [-0.39, 0.29) is 19.2 Å². The van der Waals surface area contributed by atoms with Gasteiger partial charge in [-0.3, -0.25) is 9.59 Å². The zero-order valence-electron chi connectivity index (χ0n) is 26.2. The number of carbonyl (C=O) groups is 3. The van der Waals surface area contributed by atoms with Gasteiger partial charge in [0.15, 0.2) is 0 Å². The van der Waals surface area contributed by atoms with E-state index in [9.17, 15) is 14.4 Å². The van der Waals surface area contributed by atoms with Gasteiger partial charge in [0.1, 0.15) is 24.0 Å². The first kappa shape index (κ1) is 34.0. The predicted octanol–water partition coefficient (Wildman–Crippen LogP) is 6.82. The molecule has 46 heavy (non-hydrogen) atoms. The van der Waals surface area contributed by atoms with Crippen LogP contribution in [0, 0.1) is 0 Å². The van der Waals surface area contributed by atoms with Crippen molar-refractivity contribution in [2.24, 2.45) is 0 Å². The van der Waals surface area contributed by atoms with Gasteiger partial charge in [-0.1, -0.05) is 72.8 Å². The minimum Gasteiger partial charge on any atom is -0.489 e. The Labute approximate surface area is 273 Å². The van der Waals surface area contributed by atoms with Crippen LogP contribution in [0.2, 0.25) is 0 Å². The summed E-state index contributed by atoms with van der Waals surface area (Å²) in [6.45, 7) is 5.99. The number of rotatable bonds is 16. The van der Waals surface area contributed by atoms with Gasteiger partial charge in [-0.05, 0) is 73.7 Å². The van der Waals surface area contributed by atoms with Crippen LogP contribution in [0.25, 0.3) is 6.08 Å². The van der Waals surface area contributed by atoms with E-state index < -0.39 is 17.7 Å². The van der Waals surface area contributed by atoms with Crippen molar-refractivity contribution in [3.05, 3.63) is 135 Å². The minimum absolute atomic E-state index is 0.230. The molecule has 0 aliphatic heterocycles. The van der Waals surface area contributed by atoms with Crippen molar-refractivity contribution in [2.45, 2.75) is 46.4 Å². The predicted molar refractivity (Wildman–Crippen MR) is 179 cm³/mol. The Morgan fingerprint density at radius 2 is 1.52 bits per heavy atom. The number of esters is 1. The van der Waals surface area contributed by atoms with Crippen LogP contribution in [0.4, 0.5) is 0 Å². The van der Waals surface area contributed by atoms with E-state index in [1.165, 1.54) is 11.3 Å². The lowest BCUT2D eigenvalue weighted by Gasteiger charge is -2.17. The second-order valence-corrected chi connectivity index (χ2v) is 11.5. The van der Waals surface area contributed by atoms with Crippen LogP contribution in [0.15, 0.2) is 108 Å². The van der Waals surface area contributed by atoms with Crippen molar-refractivity contribution in [3.8, 4) is 5.75 Å². The number of nitrogens with zero attached hydrogens (tertiary/aromatic N) is 1. The number of allylic oxidation sites excluding steroid dienone is 2. The molecule has 1 atom stereocenters. The Bertz CT molecular complexity index is 1650. The quantitative estimate of drug-likeness (QED) is 0.0622. The van der Waals surface area contributed by atoms with E-state index in [0.717, 1.165) is 28.0 Å². The van der Waals surface area contributed by atoms with Crippen molar-refractivity contribution in [1.82, 2.24) is 10.3 Å². The molecule has 3 aromatic carbocycles. The molecule has 1 aromatic heterocycles. The van der Waals surface area contributed by atoms with Gasteiger partial charge in [-0.25, -0.2) is 9.78 Å². The highest BCUT2D eigenvalue weighted by Gasteiger charge is 2.23. The molecule has 238 valence electrons. The molecule has 8 nitrogen and oxygen atoms in total. The standard InChI is InChI=1S/C37H38N2O6S/c1-4-44-37(42)27(3)19-26(2)20-31-25-46-36(38-31)33(39-35(41)34(40)24-43-22-29-11-7-5-8-12-29)21-28-15-17-32(18-16-28)45-23-30-13-9-6-10-14-30/h5-20,25,33H,4,21-24H2,1-3H3,(H,39,41)/t33-/m0/s1. The number of thiazole rings is 1. The molecule has 0 radical (unpaired) electrons. The number of ether oxygens (including phenoxy) is 3. The molecule has 4 rings (SSSR count). The SMILES string of the molecule is CCOC(=O)C(C)=CC(C)=Cc1csc([C@H](Cc2ccc(OCc3ccccc3)cc2)NC(=O)C(=O)COCc2ccccc2)n1. The van der Waals surface area contributed by atoms with Crippen LogP contribution in [0.1, 0.15) is 54.2 Å². The van der Waals surface area contributed by atoms with Gasteiger partial charge in [0.25, 0.3) is 5.91 Å². The number of amides is 1. The lowest BCUT2D eigenvalue weighted by atomic mass is 10.1. The first-order valence-electron chi connectivity index (χ1n) is 15.0. The Hall–Kier alpha value is -4.86. The fourth-order valence-corrected chi connectivity index (χ4v) is 5.31. The Balaban J connectivity index is 1.46. The number of hydrogen-bond acceptors (Lipinski definition) is 8. The van der Waals surface area contributed by atoms with Crippen LogP contribution in [-0.4, -0.2) is 35.9 Å². The van der Waals surface area contributed by atoms with Crippen LogP contribution in [-0.2, 0) is 43.5 Å². The van der Waals surface area contributed by atoms with Gasteiger partial charge < -0.3 is 19.5 Å². The number of carbonyl (C=O) groups excluding carboxylic acids is 3. The maximum absolute atomic E-state index is 13.0. The Morgan fingerprint density at radius 1 is 0.870 bits per heavy atom. The summed E-state index contributed by atoms with van der Waals surface area (Å²) >= 11 is 1.38. The molecule has 0 saturated heterocycles. The smallest absolute Gasteiger partial charge is 0.333 e. The number of nitrogens with one attached hydrogen (secondary N) is 1. The summed E-state index contributed by atoms with van der Waals surface area (Å²) in [5, 5.41) is 5.39. The third kappa shape index (κ3) is 10.9. The highest BCUT2D eigenvalue weighted by molar-refractivity contribution is 7.09. The molecule has 0 aliphatic carbocycles. The molecule has 0 unspecified atom stereocenters. The fourth-order valence-electron chi connectivity index (χ4n) is 4.49. The van der Waals surface area contributed by atoms with E-state index in [0.29, 0.717) is 35.9 Å². The molecule has 1 amide bonds. The molecule has 1 heterocycles. The maximum atomic E-state index is 13.0. The summed E-state index contributed by atoms with van der Waals surface area (Å²) in [5.41, 5.74) is 4.89. The number of hydrogen-bond donors (Lipinski definition) is 1. The summed E-state index contributed by atoms with van der Waals surface area (Å²) in [6.07, 6.45) is 4.00. The molecule has 4 aromatic rings. The van der Waals surface area contributed by atoms with Crippen LogP contribution >= 0.6 is 11.3 Å². The van der Waals surface area contributed by atoms with Gasteiger partial charge in [-0.15, -0.1) is 11.3 Å². The summed E-state index contributed by atoms with van der Waals surface area (Å²) in [7, 11) is 0. The largest absolute Gasteiger partial charge is 0.489 e. The van der Waals surface area contributed by atoms with E-state index in [1.54, 1.807) is 19.9 Å². The lowest BCUT2D eigenvalue weighted by Crippen LogP contribution is -2.37. The van der Waals surface area contributed by atoms with E-state index in [4.69, 9.17) is 19.2 Å². The van der Waals surface area contributed by atoms with Gasteiger partial charge in [0, 0.05) is 11.0 Å². The van der Waals surface area contributed by atoms with Gasteiger partial charge >= 0.3 is 5.97 Å². The monoisotopic (exact) mass is 638 g/mol. The first-order chi connectivity index (χ1) is 22.3. The van der Waals surface area contributed by atoms with Gasteiger partial charge in [-0.2, -0.15) is 0 Å². The average Bonchev–Trinajstić information content (AvgIpc) is 3.53. The third-order valence-electron chi connectivity index (χ3n) is 6.77. The number of Topliss-reactive ketones (excluding diaryl/α,β-unsaturated/α-hetero) is 1. The van der Waals surface area contributed by atoms with Gasteiger partial charge in [0.05, 0.1) is 24.9 Å². The molecule has 0 aliphatic rings. The molecule has 0 saturated carbocycles. The topological polar surface area (TPSA) is 104 Å². The number of aromatic nitrogens is 1. The summed E-state index contributed by atoms with van der Waals surface area (Å²) in [6, 6.07) is 26.5. The first-order valence-corrected chi connectivity index (χ1v) is 15.9. The molecular weight excluding hydrogens is 600 g/mol. The number of benzene rings is 3. The maximum Gasteiger partial charge on any atom is 0.333 e. The molecule has 0 fully saturated rings. The molecule has 0 spiro atoms.